The van der Waals surface area contributed by atoms with Crippen molar-refractivity contribution in [2.45, 2.75) is 63.3 Å². The number of methoxy groups -OCH3 is 1. The monoisotopic (exact) mass is 548 g/mol. The van der Waals surface area contributed by atoms with Crippen molar-refractivity contribution in [1.82, 2.24) is 20.5 Å². The molecular weight excluding hydrogens is 504 g/mol. The van der Waals surface area contributed by atoms with Gasteiger partial charge in [0.1, 0.15) is 17.3 Å². The van der Waals surface area contributed by atoms with Crippen LogP contribution in [0.1, 0.15) is 39.0 Å². The first-order chi connectivity index (χ1) is 19.6. The molecule has 3 saturated heterocycles. The van der Waals surface area contributed by atoms with E-state index in [1.807, 2.05) is 6.20 Å². The van der Waals surface area contributed by atoms with E-state index in [9.17, 15) is 0 Å². The van der Waals surface area contributed by atoms with Crippen molar-refractivity contribution in [1.29, 1.82) is 0 Å². The number of nitrogens with zero attached hydrogens (tertiary/aromatic N) is 5. The number of nitrogen functional groups attached to an aromatic ring is 1. The van der Waals surface area contributed by atoms with Gasteiger partial charge in [-0.25, -0.2) is 4.98 Å². The van der Waals surface area contributed by atoms with Crippen molar-refractivity contribution in [3.63, 3.8) is 0 Å². The Labute approximate surface area is 237 Å². The molecule has 2 unspecified atom stereocenters. The van der Waals surface area contributed by atoms with Gasteiger partial charge in [0.25, 0.3) is 0 Å². The number of hydrogen-bond donors (Lipinski definition) is 3. The fourth-order valence-electron chi connectivity index (χ4n) is 6.63. The number of piperidine rings is 1. The van der Waals surface area contributed by atoms with Crippen molar-refractivity contribution in [2.75, 3.05) is 70.2 Å². The second-order valence-electron chi connectivity index (χ2n) is 11.4. The molecule has 10 heteroatoms. The first-order valence-electron chi connectivity index (χ1n) is 15.1. The Kier molecular flexibility index (Phi) is 8.48. The van der Waals surface area contributed by atoms with Gasteiger partial charge < -0.3 is 25.4 Å². The number of rotatable bonds is 7. The lowest BCUT2D eigenvalue weighted by molar-refractivity contribution is 0.0737. The molecule has 3 fully saturated rings. The Morgan fingerprint density at radius 2 is 1.82 bits per heavy atom. The molecule has 0 amide bonds. The van der Waals surface area contributed by atoms with E-state index in [2.05, 4.69) is 50.5 Å². The lowest BCUT2D eigenvalue weighted by atomic mass is 10.00. The summed E-state index contributed by atoms with van der Waals surface area (Å²) in [5, 5.41) is 8.74. The highest BCUT2D eigenvalue weighted by Gasteiger charge is 2.29. The summed E-state index contributed by atoms with van der Waals surface area (Å²) in [4.78, 5) is 19.9. The van der Waals surface area contributed by atoms with E-state index < -0.39 is 0 Å². The second-order valence-corrected chi connectivity index (χ2v) is 11.4. The Hall–Kier alpha value is -2.79. The maximum absolute atomic E-state index is 6.34. The fourth-order valence-corrected chi connectivity index (χ4v) is 6.63. The van der Waals surface area contributed by atoms with Crippen molar-refractivity contribution in [2.24, 2.45) is 9.98 Å². The predicted octanol–water partition coefficient (Wildman–Crippen LogP) is 1.34. The largest absolute Gasteiger partial charge is 0.495 e. The van der Waals surface area contributed by atoms with Crippen molar-refractivity contribution >= 4 is 11.5 Å². The van der Waals surface area contributed by atoms with Gasteiger partial charge in [-0.05, 0) is 49.8 Å². The minimum Gasteiger partial charge on any atom is -0.495 e. The van der Waals surface area contributed by atoms with Gasteiger partial charge in [0.05, 0.1) is 24.2 Å². The van der Waals surface area contributed by atoms with Crippen molar-refractivity contribution in [3.8, 4) is 16.9 Å². The summed E-state index contributed by atoms with van der Waals surface area (Å²) in [5.74, 6) is 1.31. The van der Waals surface area contributed by atoms with E-state index in [-0.39, 0.29) is 12.2 Å². The molecule has 5 heterocycles. The van der Waals surface area contributed by atoms with Crippen LogP contribution < -0.4 is 36.7 Å². The summed E-state index contributed by atoms with van der Waals surface area (Å²) >= 11 is 0. The predicted molar refractivity (Wildman–Crippen MR) is 157 cm³/mol. The summed E-state index contributed by atoms with van der Waals surface area (Å²) in [6.07, 6.45) is 6.96. The molecule has 0 saturated carbocycles. The lowest BCUT2D eigenvalue weighted by Crippen LogP contribution is -2.52. The van der Waals surface area contributed by atoms with Crippen LogP contribution in [0, 0.1) is 0 Å². The summed E-state index contributed by atoms with van der Waals surface area (Å²) in [6.45, 7) is 10.3. The normalized spacial score (nSPS) is 24.7. The molecule has 2 aromatic rings. The van der Waals surface area contributed by atoms with E-state index >= 15 is 0 Å². The fraction of sp³-hybridized carbons (Fsp3) is 0.633. The number of nitrogens with two attached hydrogens (primary N) is 1. The number of benzene rings is 1. The van der Waals surface area contributed by atoms with Crippen LogP contribution in [0.3, 0.4) is 0 Å². The van der Waals surface area contributed by atoms with Gasteiger partial charge in [-0.15, -0.1) is 0 Å². The van der Waals surface area contributed by atoms with Crippen LogP contribution in [-0.4, -0.2) is 93.8 Å². The van der Waals surface area contributed by atoms with Crippen LogP contribution in [-0.2, 0) is 4.74 Å². The van der Waals surface area contributed by atoms with E-state index in [0.717, 1.165) is 99.7 Å². The number of nitrogens with one attached hydrogen (secondary N) is 2. The molecule has 0 aliphatic carbocycles. The number of aromatic nitrogens is 1. The Morgan fingerprint density at radius 1 is 1.05 bits per heavy atom. The van der Waals surface area contributed by atoms with E-state index in [4.69, 9.17) is 25.2 Å². The summed E-state index contributed by atoms with van der Waals surface area (Å²) in [6, 6.07) is 7.55. The van der Waals surface area contributed by atoms with Gasteiger partial charge in [-0.1, -0.05) is 13.0 Å². The molecular formula is C30H44N8O2. The third-order valence-corrected chi connectivity index (χ3v) is 8.99. The number of pyridine rings is 1. The molecule has 2 atom stereocenters. The number of fused-ring (bicyclic) bond motifs is 1. The smallest absolute Gasteiger partial charge is 0.151 e. The molecule has 4 N–H and O–H groups in total. The molecule has 4 aliphatic heterocycles. The zero-order chi connectivity index (χ0) is 27.5. The van der Waals surface area contributed by atoms with E-state index in [1.54, 1.807) is 7.11 Å². The Morgan fingerprint density at radius 3 is 2.55 bits per heavy atom. The summed E-state index contributed by atoms with van der Waals surface area (Å²) in [5.41, 5.74) is 9.43. The minimum atomic E-state index is -0.0979. The standard InChI is InChI=1S/C30H44N8O2/c1-3-24-30(34-21-8-16-40-17-9-21)36-27-23(19-33-29(31)28(27)35-24)20-4-5-25(26(18-20)39-2)38-12-6-22(7-13-38)37-14-10-32-11-15-37/h4-5,18-19,21-22,24,30,32,34H,3,6-17H2,1-2H3,(H2,31,33). The van der Waals surface area contributed by atoms with Crippen LogP contribution in [0.4, 0.5) is 11.5 Å². The third kappa shape index (κ3) is 5.68. The molecule has 10 nitrogen and oxygen atoms in total. The van der Waals surface area contributed by atoms with Gasteiger partial charge in [0, 0.05) is 76.3 Å². The molecule has 4 aliphatic rings. The number of hydrogen-bond acceptors (Lipinski definition) is 10. The molecule has 1 aromatic heterocycles. The maximum Gasteiger partial charge on any atom is 0.151 e. The topological polar surface area (TPSA) is 113 Å². The van der Waals surface area contributed by atoms with Crippen LogP contribution in [0.2, 0.25) is 0 Å². The molecule has 40 heavy (non-hydrogen) atoms. The number of piperazine rings is 1. The SMILES string of the molecule is CCC1N=c2c(N)ncc(-c3ccc(N4CCC(N5CCNCC5)CC4)c(OC)c3)c2=NC1NC1CCOCC1. The zero-order valence-electron chi connectivity index (χ0n) is 23.9. The number of anilines is 2. The zero-order valence-corrected chi connectivity index (χ0v) is 23.9. The summed E-state index contributed by atoms with van der Waals surface area (Å²) < 4.78 is 11.5. The van der Waals surface area contributed by atoms with Crippen molar-refractivity contribution in [3.05, 3.63) is 35.1 Å². The Balaban J connectivity index is 1.27. The molecule has 0 radical (unpaired) electrons. The molecule has 6 rings (SSSR count). The van der Waals surface area contributed by atoms with Crippen LogP contribution in [0.25, 0.3) is 11.1 Å². The van der Waals surface area contributed by atoms with Crippen LogP contribution >= 0.6 is 0 Å². The van der Waals surface area contributed by atoms with Crippen molar-refractivity contribution < 1.29 is 9.47 Å². The Bertz CT molecular complexity index is 1280. The van der Waals surface area contributed by atoms with Gasteiger partial charge in [-0.2, -0.15) is 0 Å². The molecule has 0 bridgehead atoms. The van der Waals surface area contributed by atoms with Gasteiger partial charge in [0.2, 0.25) is 0 Å². The highest BCUT2D eigenvalue weighted by molar-refractivity contribution is 5.71. The van der Waals surface area contributed by atoms with Crippen LogP contribution in [0.15, 0.2) is 34.4 Å². The van der Waals surface area contributed by atoms with E-state index in [1.165, 1.54) is 12.8 Å². The van der Waals surface area contributed by atoms with E-state index in [0.29, 0.717) is 23.3 Å². The minimum absolute atomic E-state index is 0.0238. The van der Waals surface area contributed by atoms with Gasteiger partial charge in [0.15, 0.2) is 5.82 Å². The van der Waals surface area contributed by atoms with Gasteiger partial charge >= 0.3 is 0 Å². The van der Waals surface area contributed by atoms with Crippen LogP contribution in [0.5, 0.6) is 5.75 Å². The average molecular weight is 549 g/mol. The first kappa shape index (κ1) is 27.4. The second kappa shape index (κ2) is 12.4. The molecule has 216 valence electrons. The molecule has 0 spiro atoms. The maximum atomic E-state index is 6.34. The summed E-state index contributed by atoms with van der Waals surface area (Å²) in [7, 11) is 1.76. The third-order valence-electron chi connectivity index (χ3n) is 8.99. The first-order valence-corrected chi connectivity index (χ1v) is 15.1. The quantitative estimate of drug-likeness (QED) is 0.475. The molecule has 1 aromatic carbocycles. The van der Waals surface area contributed by atoms with Gasteiger partial charge in [-0.3, -0.25) is 20.2 Å². The lowest BCUT2D eigenvalue weighted by Gasteiger charge is -2.41. The average Bonchev–Trinajstić information content (AvgIpc) is 3.02. The highest BCUT2D eigenvalue weighted by Crippen LogP contribution is 2.34. The number of ether oxygens (including phenoxy) is 2. The highest BCUT2D eigenvalue weighted by atomic mass is 16.5.